The van der Waals surface area contributed by atoms with Crippen molar-refractivity contribution in [1.29, 1.82) is 0 Å². The highest BCUT2D eigenvalue weighted by Crippen LogP contribution is 2.32. The number of alkyl halides is 3. The maximum atomic E-state index is 10.6. The fourth-order valence-corrected chi connectivity index (χ4v) is 4.18. The van der Waals surface area contributed by atoms with Crippen LogP contribution < -0.4 is 0 Å². The molecule has 1 unspecified atom stereocenters. The first kappa shape index (κ1) is 25.1. The first-order chi connectivity index (χ1) is 15.8. The Labute approximate surface area is 190 Å². The van der Waals surface area contributed by atoms with Gasteiger partial charge in [-0.15, -0.1) is 0 Å². The highest BCUT2D eigenvalue weighted by atomic mass is 19.4. The lowest BCUT2D eigenvalue weighted by molar-refractivity contribution is -0.192. The van der Waals surface area contributed by atoms with Crippen molar-refractivity contribution >= 4 is 5.97 Å². The van der Waals surface area contributed by atoms with Crippen molar-refractivity contribution in [3.8, 4) is 0 Å². The summed E-state index contributed by atoms with van der Waals surface area (Å²) in [6.07, 6.45) is 4.07. The van der Waals surface area contributed by atoms with E-state index >= 15 is 0 Å². The highest BCUT2D eigenvalue weighted by Gasteiger charge is 2.38. The van der Waals surface area contributed by atoms with Gasteiger partial charge in [0.25, 0.3) is 0 Å². The molecular formula is C22H29F3N4O4. The molecule has 1 atom stereocenters. The first-order valence-corrected chi connectivity index (χ1v) is 10.8. The lowest BCUT2D eigenvalue weighted by Gasteiger charge is -2.36. The number of carboxylic acids is 1. The maximum Gasteiger partial charge on any atom is 0.490 e. The van der Waals surface area contributed by atoms with Crippen LogP contribution in [0.1, 0.15) is 35.7 Å². The van der Waals surface area contributed by atoms with E-state index in [1.54, 1.807) is 7.11 Å². The normalized spacial score (nSPS) is 19.5. The van der Waals surface area contributed by atoms with E-state index in [-0.39, 0.29) is 6.04 Å². The number of fused-ring (bicyclic) bond motifs is 1. The van der Waals surface area contributed by atoms with Crippen molar-refractivity contribution in [2.75, 3.05) is 33.5 Å². The lowest BCUT2D eigenvalue weighted by atomic mass is 9.97. The van der Waals surface area contributed by atoms with Crippen molar-refractivity contribution in [2.45, 2.75) is 44.6 Å². The quantitative estimate of drug-likeness (QED) is 0.694. The molecule has 11 heteroatoms. The van der Waals surface area contributed by atoms with Gasteiger partial charge >= 0.3 is 12.1 Å². The summed E-state index contributed by atoms with van der Waals surface area (Å²) in [5.74, 6) is -2.10. The summed E-state index contributed by atoms with van der Waals surface area (Å²) in [6, 6.07) is 4.39. The second kappa shape index (κ2) is 11.6. The molecule has 4 heterocycles. The van der Waals surface area contributed by atoms with Crippen LogP contribution in [0, 0.1) is 5.92 Å². The lowest BCUT2D eigenvalue weighted by Crippen LogP contribution is -2.39. The molecule has 0 aromatic carbocycles. The van der Waals surface area contributed by atoms with Gasteiger partial charge in [0, 0.05) is 52.4 Å². The third kappa shape index (κ3) is 6.99. The Hall–Kier alpha value is -2.50. The van der Waals surface area contributed by atoms with Crippen LogP contribution in [0.3, 0.4) is 0 Å². The third-order valence-electron chi connectivity index (χ3n) is 5.83. The zero-order valence-corrected chi connectivity index (χ0v) is 18.5. The average molecular weight is 470 g/mol. The standard InChI is InChI=1S/C20H28N4O2.C2HF3O2/c1-25-15-19-20-18(4-8-23(19)13-17-3-2-7-21-11-17)12-22-24(20)14-16-5-9-26-10-6-16;3-2(4,5)1(6)7/h2-3,7,11-12,16,19H,4-6,8-10,13-15H2,1H3;(H,6,7). The van der Waals surface area contributed by atoms with E-state index in [1.165, 1.54) is 16.8 Å². The summed E-state index contributed by atoms with van der Waals surface area (Å²) in [7, 11) is 1.79. The fraction of sp³-hybridized carbons (Fsp3) is 0.591. The molecule has 1 fully saturated rings. The summed E-state index contributed by atoms with van der Waals surface area (Å²) in [5, 5.41) is 11.9. The number of halogens is 3. The number of methoxy groups -OCH3 is 1. The molecule has 0 aliphatic carbocycles. The molecule has 4 rings (SSSR count). The molecule has 1 saturated heterocycles. The fourth-order valence-electron chi connectivity index (χ4n) is 4.18. The van der Waals surface area contributed by atoms with Crippen LogP contribution in [-0.2, 0) is 33.8 Å². The van der Waals surface area contributed by atoms with Crippen molar-refractivity contribution in [1.82, 2.24) is 19.7 Å². The monoisotopic (exact) mass is 470 g/mol. The van der Waals surface area contributed by atoms with Crippen LogP contribution in [0.5, 0.6) is 0 Å². The van der Waals surface area contributed by atoms with Gasteiger partial charge in [-0.2, -0.15) is 18.3 Å². The molecule has 0 spiro atoms. The topological polar surface area (TPSA) is 89.7 Å². The zero-order chi connectivity index (χ0) is 23.8. The molecule has 8 nitrogen and oxygen atoms in total. The molecule has 0 bridgehead atoms. The van der Waals surface area contributed by atoms with E-state index in [2.05, 4.69) is 26.8 Å². The Morgan fingerprint density at radius 2 is 2.03 bits per heavy atom. The summed E-state index contributed by atoms with van der Waals surface area (Å²) < 4.78 is 45.1. The molecule has 2 aromatic rings. The number of aliphatic carboxylic acids is 1. The molecule has 2 aliphatic heterocycles. The zero-order valence-electron chi connectivity index (χ0n) is 18.5. The Balaban J connectivity index is 0.000000383. The number of hydrogen-bond donors (Lipinski definition) is 1. The van der Waals surface area contributed by atoms with Crippen molar-refractivity contribution in [2.24, 2.45) is 5.92 Å². The van der Waals surface area contributed by atoms with Gasteiger partial charge in [0.05, 0.1) is 24.5 Å². The van der Waals surface area contributed by atoms with Crippen LogP contribution in [0.25, 0.3) is 0 Å². The number of rotatable bonds is 6. The van der Waals surface area contributed by atoms with Gasteiger partial charge in [-0.25, -0.2) is 4.79 Å². The van der Waals surface area contributed by atoms with Gasteiger partial charge in [-0.05, 0) is 42.4 Å². The van der Waals surface area contributed by atoms with Crippen molar-refractivity contribution in [3.63, 3.8) is 0 Å². The number of aromatic nitrogens is 3. The number of carboxylic acid groups (broad SMARTS) is 1. The maximum absolute atomic E-state index is 10.6. The number of pyridine rings is 1. The Morgan fingerprint density at radius 1 is 1.30 bits per heavy atom. The van der Waals surface area contributed by atoms with E-state index in [1.807, 2.05) is 18.5 Å². The van der Waals surface area contributed by atoms with Crippen molar-refractivity contribution in [3.05, 3.63) is 47.5 Å². The molecule has 0 radical (unpaired) electrons. The van der Waals surface area contributed by atoms with E-state index in [4.69, 9.17) is 24.5 Å². The molecule has 182 valence electrons. The molecule has 2 aromatic heterocycles. The molecule has 0 saturated carbocycles. The predicted molar refractivity (Wildman–Crippen MR) is 112 cm³/mol. The van der Waals surface area contributed by atoms with Crippen LogP contribution >= 0.6 is 0 Å². The largest absolute Gasteiger partial charge is 0.490 e. The van der Waals surface area contributed by atoms with Gasteiger partial charge in [0.1, 0.15) is 0 Å². The number of nitrogens with zero attached hydrogens (tertiary/aromatic N) is 4. The molecule has 1 N–H and O–H groups in total. The summed E-state index contributed by atoms with van der Waals surface area (Å²) in [6.45, 7) is 5.35. The second-order valence-electron chi connectivity index (χ2n) is 8.15. The van der Waals surface area contributed by atoms with Gasteiger partial charge in [-0.3, -0.25) is 14.6 Å². The number of ether oxygens (including phenoxy) is 2. The van der Waals surface area contributed by atoms with Gasteiger partial charge in [0.2, 0.25) is 0 Å². The molecule has 33 heavy (non-hydrogen) atoms. The number of hydrogen-bond acceptors (Lipinski definition) is 6. The predicted octanol–water partition coefficient (Wildman–Crippen LogP) is 3.08. The SMILES string of the molecule is COCC1c2c(cnn2CC2CCOCC2)CCN1Cc1cccnc1.O=C(O)C(F)(F)F. The van der Waals surface area contributed by atoms with E-state index in [0.717, 1.165) is 52.1 Å². The van der Waals surface area contributed by atoms with E-state index in [9.17, 15) is 13.2 Å². The highest BCUT2D eigenvalue weighted by molar-refractivity contribution is 5.73. The Kier molecular flexibility index (Phi) is 8.81. The van der Waals surface area contributed by atoms with Crippen molar-refractivity contribution < 1.29 is 32.5 Å². The molecular weight excluding hydrogens is 441 g/mol. The molecule has 0 amide bonds. The summed E-state index contributed by atoms with van der Waals surface area (Å²) in [5.41, 5.74) is 3.96. The Morgan fingerprint density at radius 3 is 2.64 bits per heavy atom. The summed E-state index contributed by atoms with van der Waals surface area (Å²) in [4.78, 5) is 15.7. The van der Waals surface area contributed by atoms with E-state index in [0.29, 0.717) is 12.5 Å². The third-order valence-corrected chi connectivity index (χ3v) is 5.83. The minimum absolute atomic E-state index is 0.242. The number of carbonyl (C=O) groups is 1. The summed E-state index contributed by atoms with van der Waals surface area (Å²) >= 11 is 0. The minimum Gasteiger partial charge on any atom is -0.475 e. The Bertz CT molecular complexity index is 886. The smallest absolute Gasteiger partial charge is 0.475 e. The van der Waals surface area contributed by atoms with Gasteiger partial charge in [-0.1, -0.05) is 6.07 Å². The van der Waals surface area contributed by atoms with E-state index < -0.39 is 12.1 Å². The van der Waals surface area contributed by atoms with Gasteiger partial charge < -0.3 is 14.6 Å². The van der Waals surface area contributed by atoms with Crippen LogP contribution in [0.4, 0.5) is 13.2 Å². The van der Waals surface area contributed by atoms with Crippen LogP contribution in [0.15, 0.2) is 30.7 Å². The second-order valence-corrected chi connectivity index (χ2v) is 8.15. The van der Waals surface area contributed by atoms with Gasteiger partial charge in [0.15, 0.2) is 0 Å². The minimum atomic E-state index is -5.08. The van der Waals surface area contributed by atoms with Crippen LogP contribution in [0.2, 0.25) is 0 Å². The van der Waals surface area contributed by atoms with Crippen LogP contribution in [-0.4, -0.2) is 70.4 Å². The molecule has 2 aliphatic rings. The average Bonchev–Trinajstić information content (AvgIpc) is 3.19. The first-order valence-electron chi connectivity index (χ1n) is 10.8.